The van der Waals surface area contributed by atoms with Gasteiger partial charge in [-0.2, -0.15) is 0 Å². The first-order valence-corrected chi connectivity index (χ1v) is 5.91. The number of likely N-dealkylation sites (N-methyl/N-ethyl adjacent to an activating group) is 2. The van der Waals surface area contributed by atoms with Gasteiger partial charge in [0.25, 0.3) is 0 Å². The molecule has 0 saturated heterocycles. The maximum absolute atomic E-state index is 13.4. The summed E-state index contributed by atoms with van der Waals surface area (Å²) in [6, 6.07) is 5.06. The van der Waals surface area contributed by atoms with E-state index in [2.05, 4.69) is 24.1 Å². The van der Waals surface area contributed by atoms with Crippen LogP contribution in [-0.4, -0.2) is 31.6 Å². The fourth-order valence-corrected chi connectivity index (χ4v) is 2.07. The first-order chi connectivity index (χ1) is 7.80. The van der Waals surface area contributed by atoms with Crippen LogP contribution in [0.2, 0.25) is 0 Å². The average molecular weight is 238 g/mol. The van der Waals surface area contributed by atoms with Gasteiger partial charge in [0.1, 0.15) is 5.82 Å². The van der Waals surface area contributed by atoms with Crippen molar-refractivity contribution in [1.29, 1.82) is 0 Å². The van der Waals surface area contributed by atoms with Crippen LogP contribution in [0.15, 0.2) is 18.2 Å². The van der Waals surface area contributed by atoms with E-state index in [9.17, 15) is 4.39 Å². The van der Waals surface area contributed by atoms with Crippen LogP contribution in [0.25, 0.3) is 0 Å². The topological polar surface area (TPSA) is 15.3 Å². The van der Waals surface area contributed by atoms with Crippen LogP contribution in [0.5, 0.6) is 0 Å². The summed E-state index contributed by atoms with van der Waals surface area (Å²) >= 11 is 0. The highest BCUT2D eigenvalue weighted by Gasteiger charge is 2.32. The summed E-state index contributed by atoms with van der Waals surface area (Å²) in [7, 11) is 6.00. The zero-order chi connectivity index (χ0) is 13.2. The van der Waals surface area contributed by atoms with Gasteiger partial charge in [0.05, 0.1) is 6.04 Å². The highest BCUT2D eigenvalue weighted by molar-refractivity contribution is 5.31. The molecule has 0 aliphatic heterocycles. The number of hydrogen-bond donors (Lipinski definition) is 1. The van der Waals surface area contributed by atoms with Gasteiger partial charge in [0.2, 0.25) is 0 Å². The molecule has 0 saturated carbocycles. The van der Waals surface area contributed by atoms with Crippen molar-refractivity contribution in [1.82, 2.24) is 10.2 Å². The van der Waals surface area contributed by atoms with Gasteiger partial charge in [-0.3, -0.25) is 0 Å². The Hall–Kier alpha value is -0.930. The summed E-state index contributed by atoms with van der Waals surface area (Å²) in [5.41, 5.74) is 2.04. The molecule has 2 nitrogen and oxygen atoms in total. The number of hydrogen-bond acceptors (Lipinski definition) is 2. The number of rotatable bonds is 4. The standard InChI is InChI=1S/C14H23FN2/c1-10-7-8-11(15)9-12(10)13(16-4)14(2,3)17(5)6/h7-9,13,16H,1-6H3. The summed E-state index contributed by atoms with van der Waals surface area (Å²) in [5, 5.41) is 3.30. The lowest BCUT2D eigenvalue weighted by atomic mass is 9.85. The maximum atomic E-state index is 13.4. The highest BCUT2D eigenvalue weighted by atomic mass is 19.1. The summed E-state index contributed by atoms with van der Waals surface area (Å²) in [6.07, 6.45) is 0. The summed E-state index contributed by atoms with van der Waals surface area (Å²) < 4.78 is 13.4. The van der Waals surface area contributed by atoms with Gasteiger partial charge in [-0.1, -0.05) is 6.07 Å². The van der Waals surface area contributed by atoms with Crippen LogP contribution in [-0.2, 0) is 0 Å². The SMILES string of the molecule is CNC(c1cc(F)ccc1C)C(C)(C)N(C)C. The number of benzene rings is 1. The van der Waals surface area contributed by atoms with Crippen molar-refractivity contribution in [3.05, 3.63) is 35.1 Å². The zero-order valence-electron chi connectivity index (χ0n) is 11.6. The fourth-order valence-electron chi connectivity index (χ4n) is 2.07. The van der Waals surface area contributed by atoms with Crippen LogP contribution < -0.4 is 5.32 Å². The van der Waals surface area contributed by atoms with Crippen molar-refractivity contribution < 1.29 is 4.39 Å². The molecule has 1 unspecified atom stereocenters. The number of nitrogens with one attached hydrogen (secondary N) is 1. The smallest absolute Gasteiger partial charge is 0.123 e. The van der Waals surface area contributed by atoms with Crippen LogP contribution in [0.4, 0.5) is 4.39 Å². The molecule has 0 radical (unpaired) electrons. The van der Waals surface area contributed by atoms with Gasteiger partial charge < -0.3 is 10.2 Å². The van der Waals surface area contributed by atoms with E-state index in [0.717, 1.165) is 11.1 Å². The molecule has 0 aliphatic carbocycles. The molecular formula is C14H23FN2. The third-order valence-corrected chi connectivity index (χ3v) is 3.70. The van der Waals surface area contributed by atoms with Crippen LogP contribution in [0.3, 0.4) is 0 Å². The predicted molar refractivity (Wildman–Crippen MR) is 70.7 cm³/mol. The second-order valence-electron chi connectivity index (χ2n) is 5.27. The Morgan fingerprint density at radius 2 is 1.88 bits per heavy atom. The third kappa shape index (κ3) is 2.85. The molecule has 17 heavy (non-hydrogen) atoms. The summed E-state index contributed by atoms with van der Waals surface area (Å²) in [6.45, 7) is 6.32. The first kappa shape index (κ1) is 14.1. The van der Waals surface area contributed by atoms with Gasteiger partial charge in [-0.15, -0.1) is 0 Å². The summed E-state index contributed by atoms with van der Waals surface area (Å²) in [5.74, 6) is -0.180. The van der Waals surface area contributed by atoms with E-state index in [4.69, 9.17) is 0 Å². The molecule has 96 valence electrons. The Morgan fingerprint density at radius 3 is 2.35 bits per heavy atom. The Balaban J connectivity index is 3.22. The molecule has 0 bridgehead atoms. The Labute approximate surface area is 104 Å². The monoisotopic (exact) mass is 238 g/mol. The quantitative estimate of drug-likeness (QED) is 0.867. The molecular weight excluding hydrogens is 215 g/mol. The Bertz CT molecular complexity index is 386. The minimum atomic E-state index is -0.180. The molecule has 1 aromatic rings. The minimum Gasteiger partial charge on any atom is -0.311 e. The first-order valence-electron chi connectivity index (χ1n) is 5.91. The van der Waals surface area contributed by atoms with E-state index in [0.29, 0.717) is 0 Å². The second kappa shape index (κ2) is 5.15. The van der Waals surface area contributed by atoms with Crippen LogP contribution in [0, 0.1) is 12.7 Å². The van der Waals surface area contributed by atoms with Gasteiger partial charge in [-0.05, 0) is 65.2 Å². The van der Waals surface area contributed by atoms with Gasteiger partial charge in [0.15, 0.2) is 0 Å². The molecule has 0 fully saturated rings. The van der Waals surface area contributed by atoms with Crippen molar-refractivity contribution in [3.8, 4) is 0 Å². The normalized spacial score (nSPS) is 14.1. The molecule has 1 aromatic carbocycles. The molecule has 1 atom stereocenters. The Kier molecular flexibility index (Phi) is 4.28. The van der Waals surface area contributed by atoms with Crippen molar-refractivity contribution in [2.75, 3.05) is 21.1 Å². The average Bonchev–Trinajstić information content (AvgIpc) is 2.23. The Morgan fingerprint density at radius 1 is 1.29 bits per heavy atom. The van der Waals surface area contributed by atoms with Gasteiger partial charge in [-0.25, -0.2) is 4.39 Å². The predicted octanol–water partition coefficient (Wildman–Crippen LogP) is 2.73. The minimum absolute atomic E-state index is 0.0900. The molecule has 0 aromatic heterocycles. The molecule has 3 heteroatoms. The van der Waals surface area contributed by atoms with Gasteiger partial charge in [0, 0.05) is 5.54 Å². The van der Waals surface area contributed by atoms with Crippen molar-refractivity contribution in [2.45, 2.75) is 32.4 Å². The zero-order valence-corrected chi connectivity index (χ0v) is 11.6. The maximum Gasteiger partial charge on any atom is 0.123 e. The van der Waals surface area contributed by atoms with Gasteiger partial charge >= 0.3 is 0 Å². The van der Waals surface area contributed by atoms with Crippen LogP contribution >= 0.6 is 0 Å². The number of nitrogens with zero attached hydrogens (tertiary/aromatic N) is 1. The second-order valence-corrected chi connectivity index (χ2v) is 5.27. The molecule has 0 aliphatic rings. The molecule has 0 spiro atoms. The van der Waals surface area contributed by atoms with E-state index in [-0.39, 0.29) is 17.4 Å². The van der Waals surface area contributed by atoms with E-state index < -0.39 is 0 Å². The van der Waals surface area contributed by atoms with E-state index in [1.807, 2.05) is 34.1 Å². The lowest BCUT2D eigenvalue weighted by molar-refractivity contribution is 0.142. The van der Waals surface area contributed by atoms with E-state index in [1.54, 1.807) is 6.07 Å². The third-order valence-electron chi connectivity index (χ3n) is 3.70. The van der Waals surface area contributed by atoms with Crippen molar-refractivity contribution in [3.63, 3.8) is 0 Å². The molecule has 1 N–H and O–H groups in total. The fraction of sp³-hybridized carbons (Fsp3) is 0.571. The largest absolute Gasteiger partial charge is 0.311 e. The van der Waals surface area contributed by atoms with E-state index in [1.165, 1.54) is 6.07 Å². The lowest BCUT2D eigenvalue weighted by Gasteiger charge is -2.41. The number of halogens is 1. The van der Waals surface area contributed by atoms with Crippen molar-refractivity contribution >= 4 is 0 Å². The lowest BCUT2D eigenvalue weighted by Crippen LogP contribution is -2.48. The highest BCUT2D eigenvalue weighted by Crippen LogP contribution is 2.31. The van der Waals surface area contributed by atoms with E-state index >= 15 is 0 Å². The molecule has 0 heterocycles. The summed E-state index contributed by atoms with van der Waals surface area (Å²) in [4.78, 5) is 2.15. The van der Waals surface area contributed by atoms with Crippen LogP contribution in [0.1, 0.15) is 31.0 Å². The number of aryl methyl sites for hydroxylation is 1. The van der Waals surface area contributed by atoms with Crippen molar-refractivity contribution in [2.24, 2.45) is 0 Å². The molecule has 1 rings (SSSR count). The molecule has 0 amide bonds.